The van der Waals surface area contributed by atoms with Crippen molar-refractivity contribution in [1.29, 1.82) is 0 Å². The van der Waals surface area contributed by atoms with Crippen molar-refractivity contribution in [2.75, 3.05) is 44.6 Å². The van der Waals surface area contributed by atoms with E-state index in [2.05, 4.69) is 55.7 Å². The molecule has 184 valence electrons. The van der Waals surface area contributed by atoms with Gasteiger partial charge in [-0.05, 0) is 47.2 Å². The van der Waals surface area contributed by atoms with Crippen LogP contribution in [0.1, 0.15) is 32.7 Å². The van der Waals surface area contributed by atoms with E-state index in [0.29, 0.717) is 25.1 Å². The van der Waals surface area contributed by atoms with Crippen LogP contribution >= 0.6 is 0 Å². The number of para-hydroxylation sites is 1. The molecule has 2 N–H and O–H groups in total. The first-order valence-electron chi connectivity index (χ1n) is 12.8. The highest BCUT2D eigenvalue weighted by Gasteiger charge is 2.50. The lowest BCUT2D eigenvalue weighted by molar-refractivity contribution is -0.120. The van der Waals surface area contributed by atoms with E-state index in [9.17, 15) is 9.59 Å². The summed E-state index contributed by atoms with van der Waals surface area (Å²) in [5.74, 6) is -0.118. The number of fused-ring (bicyclic) bond motifs is 3. The van der Waals surface area contributed by atoms with E-state index < -0.39 is 5.41 Å². The number of nitrogens with one attached hydrogen (secondary N) is 2. The highest BCUT2D eigenvalue weighted by atomic mass is 16.2. The number of rotatable bonds is 6. The van der Waals surface area contributed by atoms with E-state index in [1.54, 1.807) is 6.20 Å². The molecule has 3 heterocycles. The standard InChI is InChI=1S/C29H31N5O2/c35-27(30-10-11-33-12-14-34(15-13-33)20-21-6-2-1-3-7-21)26-16-22-17-29(18-23(22)19-31-26)24-8-4-5-9-25(24)32-28(29)36/h1-9,16,19H,10-15,17-18,20H2,(H,30,35)(H,32,36). The summed E-state index contributed by atoms with van der Waals surface area (Å²) in [5, 5.41) is 6.07. The Morgan fingerprint density at radius 3 is 2.50 bits per heavy atom. The van der Waals surface area contributed by atoms with Gasteiger partial charge in [0.15, 0.2) is 0 Å². The number of piperazine rings is 1. The molecule has 2 aromatic carbocycles. The molecule has 0 saturated carbocycles. The van der Waals surface area contributed by atoms with Crippen molar-refractivity contribution in [3.05, 3.63) is 94.8 Å². The summed E-state index contributed by atoms with van der Waals surface area (Å²) >= 11 is 0. The summed E-state index contributed by atoms with van der Waals surface area (Å²) in [7, 11) is 0. The summed E-state index contributed by atoms with van der Waals surface area (Å²) in [6.45, 7) is 6.49. The van der Waals surface area contributed by atoms with Gasteiger partial charge in [-0.25, -0.2) is 0 Å². The first-order chi connectivity index (χ1) is 17.6. The SMILES string of the molecule is O=C(NCCN1CCN(Cc2ccccc2)CC1)c1cc2c(cn1)CC1(C2)C(=O)Nc2ccccc21. The molecule has 6 rings (SSSR count). The second-order valence-corrected chi connectivity index (χ2v) is 10.1. The highest BCUT2D eigenvalue weighted by Crippen LogP contribution is 2.47. The number of amides is 2. The Morgan fingerprint density at radius 2 is 1.67 bits per heavy atom. The molecule has 1 atom stereocenters. The van der Waals surface area contributed by atoms with Crippen molar-refractivity contribution in [3.63, 3.8) is 0 Å². The van der Waals surface area contributed by atoms with E-state index >= 15 is 0 Å². The Morgan fingerprint density at radius 1 is 0.944 bits per heavy atom. The minimum atomic E-state index is -0.585. The van der Waals surface area contributed by atoms with Crippen molar-refractivity contribution < 1.29 is 9.59 Å². The number of carbonyl (C=O) groups is 2. The van der Waals surface area contributed by atoms with E-state index in [1.807, 2.05) is 30.3 Å². The Bertz CT molecular complexity index is 1290. The third kappa shape index (κ3) is 4.29. The Hall–Kier alpha value is -3.55. The third-order valence-corrected chi connectivity index (χ3v) is 7.85. The molecule has 2 aliphatic heterocycles. The van der Waals surface area contributed by atoms with Crippen LogP contribution in [0.4, 0.5) is 5.69 Å². The summed E-state index contributed by atoms with van der Waals surface area (Å²) < 4.78 is 0. The summed E-state index contributed by atoms with van der Waals surface area (Å²) in [6.07, 6.45) is 3.00. The molecule has 2 amide bonds. The predicted octanol–water partition coefficient (Wildman–Crippen LogP) is 2.62. The predicted molar refractivity (Wildman–Crippen MR) is 139 cm³/mol. The van der Waals surface area contributed by atoms with E-state index in [1.165, 1.54) is 5.56 Å². The zero-order chi connectivity index (χ0) is 24.5. The van der Waals surface area contributed by atoms with Gasteiger partial charge in [-0.3, -0.25) is 24.4 Å². The third-order valence-electron chi connectivity index (χ3n) is 7.85. The van der Waals surface area contributed by atoms with Gasteiger partial charge in [0, 0.05) is 57.7 Å². The van der Waals surface area contributed by atoms with Gasteiger partial charge in [0.1, 0.15) is 5.69 Å². The normalized spacial score (nSPS) is 21.3. The van der Waals surface area contributed by atoms with Gasteiger partial charge in [0.05, 0.1) is 5.41 Å². The van der Waals surface area contributed by atoms with Crippen molar-refractivity contribution >= 4 is 17.5 Å². The van der Waals surface area contributed by atoms with E-state index in [-0.39, 0.29) is 11.8 Å². The fourth-order valence-electron chi connectivity index (χ4n) is 5.84. The fourth-order valence-corrected chi connectivity index (χ4v) is 5.84. The fraction of sp³-hybridized carbons (Fsp3) is 0.345. The molecule has 1 aliphatic carbocycles. The molecule has 1 unspecified atom stereocenters. The van der Waals surface area contributed by atoms with Crippen molar-refractivity contribution in [1.82, 2.24) is 20.1 Å². The van der Waals surface area contributed by atoms with Gasteiger partial charge in [-0.15, -0.1) is 0 Å². The Balaban J connectivity index is 1.01. The Labute approximate surface area is 211 Å². The molecule has 1 spiro atoms. The van der Waals surface area contributed by atoms with Crippen LogP contribution in [0, 0.1) is 0 Å². The second kappa shape index (κ2) is 9.48. The van der Waals surface area contributed by atoms with Crippen molar-refractivity contribution in [2.24, 2.45) is 0 Å². The first-order valence-corrected chi connectivity index (χ1v) is 12.8. The molecular formula is C29H31N5O2. The molecular weight excluding hydrogens is 450 g/mol. The number of hydrogen-bond donors (Lipinski definition) is 2. The molecule has 3 aromatic rings. The van der Waals surface area contributed by atoms with Crippen LogP contribution in [-0.4, -0.2) is 65.9 Å². The smallest absolute Gasteiger partial charge is 0.269 e. The maximum absolute atomic E-state index is 12.9. The first kappa shape index (κ1) is 22.9. The molecule has 0 bridgehead atoms. The van der Waals surface area contributed by atoms with Crippen LogP contribution in [-0.2, 0) is 29.6 Å². The summed E-state index contributed by atoms with van der Waals surface area (Å²) in [5.41, 5.74) is 5.21. The Kier molecular flexibility index (Phi) is 6.03. The summed E-state index contributed by atoms with van der Waals surface area (Å²) in [6, 6.07) is 20.4. The van der Waals surface area contributed by atoms with Gasteiger partial charge in [-0.2, -0.15) is 0 Å². The minimum absolute atomic E-state index is 0.0368. The largest absolute Gasteiger partial charge is 0.349 e. The average molecular weight is 482 g/mol. The molecule has 0 radical (unpaired) electrons. The second-order valence-electron chi connectivity index (χ2n) is 10.1. The van der Waals surface area contributed by atoms with Crippen molar-refractivity contribution in [3.8, 4) is 0 Å². The zero-order valence-corrected chi connectivity index (χ0v) is 20.4. The van der Waals surface area contributed by atoms with Crippen LogP contribution in [0.25, 0.3) is 0 Å². The number of carbonyl (C=O) groups excluding carboxylic acids is 2. The maximum atomic E-state index is 12.9. The molecule has 1 saturated heterocycles. The van der Waals surface area contributed by atoms with Gasteiger partial charge in [-0.1, -0.05) is 48.5 Å². The van der Waals surface area contributed by atoms with Crippen LogP contribution in [0.15, 0.2) is 66.9 Å². The molecule has 36 heavy (non-hydrogen) atoms. The number of pyridine rings is 1. The van der Waals surface area contributed by atoms with Crippen LogP contribution in [0.3, 0.4) is 0 Å². The lowest BCUT2D eigenvalue weighted by Crippen LogP contribution is -2.48. The number of anilines is 1. The highest BCUT2D eigenvalue weighted by molar-refractivity contribution is 6.07. The minimum Gasteiger partial charge on any atom is -0.349 e. The van der Waals surface area contributed by atoms with Gasteiger partial charge in [0.25, 0.3) is 5.91 Å². The number of benzene rings is 2. The van der Waals surface area contributed by atoms with Gasteiger partial charge < -0.3 is 10.6 Å². The zero-order valence-electron chi connectivity index (χ0n) is 20.4. The van der Waals surface area contributed by atoms with Crippen molar-refractivity contribution in [2.45, 2.75) is 24.8 Å². The molecule has 7 heteroatoms. The molecule has 1 aromatic heterocycles. The van der Waals surface area contributed by atoms with Crippen LogP contribution in [0.5, 0.6) is 0 Å². The number of nitrogens with zero attached hydrogens (tertiary/aromatic N) is 3. The molecule has 3 aliphatic rings. The molecule has 1 fully saturated rings. The number of aromatic nitrogens is 1. The lowest BCUT2D eigenvalue weighted by Gasteiger charge is -2.34. The molecule has 7 nitrogen and oxygen atoms in total. The van der Waals surface area contributed by atoms with E-state index in [0.717, 1.165) is 61.6 Å². The monoisotopic (exact) mass is 481 g/mol. The quantitative estimate of drug-likeness (QED) is 0.566. The lowest BCUT2D eigenvalue weighted by atomic mass is 9.79. The summed E-state index contributed by atoms with van der Waals surface area (Å²) in [4.78, 5) is 35.1. The average Bonchev–Trinajstić information content (AvgIpc) is 3.42. The maximum Gasteiger partial charge on any atom is 0.269 e. The number of hydrogen-bond acceptors (Lipinski definition) is 5. The topological polar surface area (TPSA) is 77.6 Å². The van der Waals surface area contributed by atoms with Gasteiger partial charge >= 0.3 is 0 Å². The van der Waals surface area contributed by atoms with Gasteiger partial charge in [0.2, 0.25) is 5.91 Å². The van der Waals surface area contributed by atoms with Crippen LogP contribution < -0.4 is 10.6 Å². The van der Waals surface area contributed by atoms with Crippen LogP contribution in [0.2, 0.25) is 0 Å². The van der Waals surface area contributed by atoms with E-state index in [4.69, 9.17) is 0 Å².